The monoisotopic (exact) mass is 1310 g/mol. The minimum absolute atomic E-state index is 0.0254. The maximum Gasteiger partial charge on any atom is 0.470 e. The van der Waals surface area contributed by atoms with Crippen LogP contribution < -0.4 is 10.6 Å². The number of unbranched alkanes of at least 4 members (excludes halogenated alkanes) is 30. The lowest BCUT2D eigenvalue weighted by Gasteiger charge is -2.47. The highest BCUT2D eigenvalue weighted by Crippen LogP contribution is 2.43. The van der Waals surface area contributed by atoms with Crippen molar-refractivity contribution < 1.29 is 85.9 Å². The molecule has 2 aliphatic heterocycles. The lowest BCUT2D eigenvalue weighted by Crippen LogP contribution is -2.68. The Hall–Kier alpha value is -1.71. The van der Waals surface area contributed by atoms with Crippen molar-refractivity contribution in [2.24, 2.45) is 0 Å². The molecule has 2 saturated heterocycles. The van der Waals surface area contributed by atoms with Crippen molar-refractivity contribution >= 4 is 33.0 Å². The highest BCUT2D eigenvalue weighted by Gasteiger charge is 2.53. The van der Waals surface area contributed by atoms with Crippen molar-refractivity contribution in [2.45, 2.75) is 352 Å². The fraction of sp³-hybridized carbons (Fsp3) is 0.925. The normalized spacial score (nSPS) is 22.9. The first-order valence-electron chi connectivity index (χ1n) is 35.3. The summed E-state index contributed by atoms with van der Waals surface area (Å²) < 4.78 is 74.8. The molecular weight excluding hydrogens is 1180 g/mol. The van der Waals surface area contributed by atoms with E-state index in [1.807, 2.05) is 0 Å². The van der Waals surface area contributed by atoms with E-state index in [0.29, 0.717) is 25.7 Å². The van der Waals surface area contributed by atoms with Gasteiger partial charge in [0, 0.05) is 40.3 Å². The summed E-state index contributed by atoms with van der Waals surface area (Å²) in [5.74, 6) is -1.38. The van der Waals surface area contributed by atoms with Crippen molar-refractivity contribution in [1.29, 1.82) is 0 Å². The second kappa shape index (κ2) is 52.6. The molecule has 0 aliphatic carbocycles. The largest absolute Gasteiger partial charge is 0.470 e. The van der Waals surface area contributed by atoms with Crippen LogP contribution in [0.5, 0.6) is 0 Å². The van der Waals surface area contributed by atoms with Crippen LogP contribution in [-0.2, 0) is 61.2 Å². The van der Waals surface area contributed by atoms with E-state index in [0.717, 1.165) is 154 Å². The van der Waals surface area contributed by atoms with Crippen LogP contribution in [0.4, 0.5) is 0 Å². The van der Waals surface area contributed by atoms with E-state index in [2.05, 4.69) is 50.5 Å². The standard InChI is InChI=1S/C67H128N2O18P2/c1-7-11-15-19-22-25-26-27-28-29-30-32-34-38-42-46-59(71)68-62-66(83-49-47-55(81-6)45-41-36-18-14-10-4)64(87-89(77,78)79)57(51-80-5)86-67(62)84-52-56-63(73)65(82-48-43-39-35-24-21-17-13-9-3)61(58(85-56)53-88(74,75)76)69-60(72)50-54(70)44-40-37-33-31-23-20-16-12-8-2/h25-26,55-58,61-67,73H,7-24,27-53H2,1-6H3,(H,68,71)(H,69,72)(H2,74,75,76)(H2,77,78,79)/b26-25-/t55-,56-,57-,58-,61+,62-,63-,64-,65-,66-,67-/m1/s1. The first kappa shape index (κ1) is 83.4. The molecule has 0 saturated carbocycles. The van der Waals surface area contributed by atoms with E-state index in [1.54, 1.807) is 7.11 Å². The summed E-state index contributed by atoms with van der Waals surface area (Å²) in [5.41, 5.74) is 0. The zero-order valence-electron chi connectivity index (χ0n) is 56.3. The van der Waals surface area contributed by atoms with E-state index < -0.39 is 108 Å². The average Bonchev–Trinajstić information content (AvgIpc) is 0.966. The fourth-order valence-corrected chi connectivity index (χ4v) is 13.4. The number of phosphoric ester groups is 1. The zero-order valence-corrected chi connectivity index (χ0v) is 58.1. The Bertz CT molecular complexity index is 1890. The van der Waals surface area contributed by atoms with Crippen LogP contribution in [0.15, 0.2) is 12.2 Å². The Kier molecular flexibility index (Phi) is 49.2. The molecule has 11 atom stereocenters. The third-order valence-corrected chi connectivity index (χ3v) is 18.5. The molecule has 0 unspecified atom stereocenters. The SMILES string of the molecule is CCCCCC/C=C\CCCCCCCCCC(=O)N[C@H]1[C@H](OC[C@H]2O[C@H](CP(=O)(O)O)[C@H](NC(=O)CC(=O)CCCCCCCCCCC)[C@@H](OCCCCCCCCCC)[C@@H]2O)O[C@H](COC)[C@@H](OP(=O)(O)O)[C@@H]1OCC[C@@H](CCCCCCC)OC. The maximum absolute atomic E-state index is 14.1. The van der Waals surface area contributed by atoms with Crippen LogP contribution in [0.2, 0.25) is 0 Å². The van der Waals surface area contributed by atoms with Crippen molar-refractivity contribution in [3.8, 4) is 0 Å². The van der Waals surface area contributed by atoms with Gasteiger partial charge in [-0.2, -0.15) is 0 Å². The van der Waals surface area contributed by atoms with Crippen LogP contribution in [0, 0.1) is 0 Å². The number of amides is 2. The summed E-state index contributed by atoms with van der Waals surface area (Å²) in [7, 11) is -7.15. The van der Waals surface area contributed by atoms with Crippen LogP contribution >= 0.6 is 15.4 Å². The highest BCUT2D eigenvalue weighted by molar-refractivity contribution is 7.51. The minimum atomic E-state index is -5.25. The third-order valence-electron chi connectivity index (χ3n) is 17.2. The number of allylic oxidation sites excluding steroid dienone is 2. The van der Waals surface area contributed by atoms with Gasteiger partial charge < -0.3 is 68.5 Å². The predicted octanol–water partition coefficient (Wildman–Crippen LogP) is 13.7. The lowest BCUT2D eigenvalue weighted by molar-refractivity contribution is -0.290. The molecule has 2 aliphatic rings. The van der Waals surface area contributed by atoms with Crippen molar-refractivity contribution in [3.05, 3.63) is 12.2 Å². The molecule has 0 aromatic rings. The number of methoxy groups -OCH3 is 2. The second-order valence-corrected chi connectivity index (χ2v) is 28.1. The van der Waals surface area contributed by atoms with Gasteiger partial charge in [-0.15, -0.1) is 0 Å². The van der Waals surface area contributed by atoms with Crippen molar-refractivity contribution in [3.63, 3.8) is 0 Å². The Morgan fingerprint density at radius 2 is 0.978 bits per heavy atom. The van der Waals surface area contributed by atoms with E-state index in [9.17, 15) is 48.2 Å². The molecule has 0 aromatic heterocycles. The first-order valence-corrected chi connectivity index (χ1v) is 38.6. The fourth-order valence-electron chi connectivity index (χ4n) is 12.0. The van der Waals surface area contributed by atoms with Crippen LogP contribution in [0.1, 0.15) is 285 Å². The van der Waals surface area contributed by atoms with Gasteiger partial charge in [-0.25, -0.2) is 4.57 Å². The number of ether oxygens (including phenoxy) is 7. The molecular formula is C67H128N2O18P2. The number of Topliss-reactive ketones (excluding diaryl/α,β-unsaturated/α-hetero) is 1. The van der Waals surface area contributed by atoms with E-state index in [1.165, 1.54) is 64.9 Å². The van der Waals surface area contributed by atoms with Gasteiger partial charge in [0.25, 0.3) is 0 Å². The van der Waals surface area contributed by atoms with Crippen LogP contribution in [0.3, 0.4) is 0 Å². The molecule has 0 radical (unpaired) electrons. The maximum atomic E-state index is 14.1. The summed E-state index contributed by atoms with van der Waals surface area (Å²) in [5, 5.41) is 18.1. The minimum Gasteiger partial charge on any atom is -0.388 e. The topological polar surface area (TPSA) is 284 Å². The van der Waals surface area contributed by atoms with Gasteiger partial charge in [0.1, 0.15) is 48.4 Å². The van der Waals surface area contributed by atoms with Gasteiger partial charge in [0.05, 0.1) is 44.0 Å². The van der Waals surface area contributed by atoms with Gasteiger partial charge in [-0.05, 0) is 57.8 Å². The van der Waals surface area contributed by atoms with E-state index in [4.69, 9.17) is 37.7 Å². The Morgan fingerprint density at radius 1 is 0.494 bits per heavy atom. The van der Waals surface area contributed by atoms with Crippen LogP contribution in [-0.4, -0.2) is 156 Å². The number of aliphatic hydroxyl groups excluding tert-OH is 1. The van der Waals surface area contributed by atoms with Gasteiger partial charge in [0.15, 0.2) is 6.29 Å². The van der Waals surface area contributed by atoms with Gasteiger partial charge in [0.2, 0.25) is 11.8 Å². The number of aliphatic hydroxyl groups is 1. The predicted molar refractivity (Wildman–Crippen MR) is 351 cm³/mol. The van der Waals surface area contributed by atoms with E-state index >= 15 is 0 Å². The quantitative estimate of drug-likeness (QED) is 0.0129. The molecule has 7 N–H and O–H groups in total. The number of ketones is 1. The van der Waals surface area contributed by atoms with Gasteiger partial charge >= 0.3 is 15.4 Å². The Balaban J connectivity index is 2.45. The number of carbonyl (C=O) groups excluding carboxylic acids is 3. The van der Waals surface area contributed by atoms with E-state index in [-0.39, 0.29) is 44.5 Å². The molecule has 89 heavy (non-hydrogen) atoms. The Morgan fingerprint density at radius 3 is 1.51 bits per heavy atom. The lowest BCUT2D eigenvalue weighted by atomic mass is 9.92. The van der Waals surface area contributed by atoms with Gasteiger partial charge in [-0.3, -0.25) is 23.5 Å². The molecule has 2 fully saturated rings. The molecule has 2 amide bonds. The Labute approximate surface area is 538 Å². The molecule has 0 bridgehead atoms. The summed E-state index contributed by atoms with van der Waals surface area (Å²) in [4.78, 5) is 82.7. The number of hydrogen-bond donors (Lipinski definition) is 7. The summed E-state index contributed by atoms with van der Waals surface area (Å²) >= 11 is 0. The smallest absolute Gasteiger partial charge is 0.388 e. The van der Waals surface area contributed by atoms with Crippen molar-refractivity contribution in [2.75, 3.05) is 46.8 Å². The zero-order chi connectivity index (χ0) is 65.4. The summed E-state index contributed by atoms with van der Waals surface area (Å²) in [6.07, 6.45) is 30.2. The summed E-state index contributed by atoms with van der Waals surface area (Å²) in [6.45, 7) is 8.10. The summed E-state index contributed by atoms with van der Waals surface area (Å²) in [6, 6.07) is -2.58. The second-order valence-electron chi connectivity index (χ2n) is 25.3. The van der Waals surface area contributed by atoms with Crippen LogP contribution in [0.25, 0.3) is 0 Å². The molecule has 0 aromatic carbocycles. The molecule has 20 nitrogen and oxygen atoms in total. The van der Waals surface area contributed by atoms with Crippen molar-refractivity contribution in [1.82, 2.24) is 10.6 Å². The third kappa shape index (κ3) is 41.0. The molecule has 2 heterocycles. The number of nitrogens with one attached hydrogen (secondary N) is 2. The first-order chi connectivity index (χ1) is 42.9. The average molecular weight is 1310 g/mol. The van der Waals surface area contributed by atoms with Gasteiger partial charge in [-0.1, -0.05) is 220 Å². The number of rotatable bonds is 59. The molecule has 0 spiro atoms. The number of hydrogen-bond acceptors (Lipinski definition) is 14. The number of phosphoric acid groups is 1. The highest BCUT2D eigenvalue weighted by atomic mass is 31.2. The molecule has 22 heteroatoms. The number of carbonyl (C=O) groups is 3. The molecule has 524 valence electrons. The molecule has 2 rings (SSSR count).